The van der Waals surface area contributed by atoms with E-state index in [0.717, 1.165) is 5.92 Å². The average molecular weight is 339 g/mol. The summed E-state index contributed by atoms with van der Waals surface area (Å²) in [5.74, 6) is 0.904. The largest absolute Gasteiger partial charge is 0.319 e. The van der Waals surface area contributed by atoms with Crippen LogP contribution in [-0.2, 0) is 0 Å². The van der Waals surface area contributed by atoms with Crippen molar-refractivity contribution in [1.82, 2.24) is 10.2 Å². The van der Waals surface area contributed by atoms with Crippen molar-refractivity contribution in [2.24, 2.45) is 5.92 Å². The molecule has 144 valence electrons. The highest BCUT2D eigenvalue weighted by atomic mass is 15.1. The topological polar surface area (TPSA) is 15.3 Å². The molecule has 0 aromatic carbocycles. The Hall–Kier alpha value is -0.0800. The molecule has 1 atom stereocenters. The molecule has 1 N–H and O–H groups in total. The van der Waals surface area contributed by atoms with Gasteiger partial charge in [-0.1, -0.05) is 90.4 Å². The Labute approximate surface area is 153 Å². The third kappa shape index (κ3) is 12.3. The molecule has 1 heterocycles. The summed E-state index contributed by atoms with van der Waals surface area (Å²) < 4.78 is 0. The highest BCUT2D eigenvalue weighted by Gasteiger charge is 2.20. The quantitative estimate of drug-likeness (QED) is 0.327. The molecule has 0 spiro atoms. The Morgan fingerprint density at radius 3 is 1.75 bits per heavy atom. The first-order chi connectivity index (χ1) is 11.9. The summed E-state index contributed by atoms with van der Waals surface area (Å²) in [5, 5.41) is 3.32. The minimum absolute atomic E-state index is 0.904. The second-order valence-electron chi connectivity index (χ2n) is 8.11. The van der Waals surface area contributed by atoms with Crippen LogP contribution in [0.5, 0.6) is 0 Å². The lowest BCUT2D eigenvalue weighted by Crippen LogP contribution is -2.25. The minimum Gasteiger partial charge on any atom is -0.319 e. The van der Waals surface area contributed by atoms with Crippen LogP contribution in [0, 0.1) is 5.92 Å². The van der Waals surface area contributed by atoms with E-state index in [-0.39, 0.29) is 0 Å². The van der Waals surface area contributed by atoms with Crippen LogP contribution < -0.4 is 5.32 Å². The molecule has 1 unspecified atom stereocenters. The summed E-state index contributed by atoms with van der Waals surface area (Å²) in [5.41, 5.74) is 0. The fourth-order valence-electron chi connectivity index (χ4n) is 4.10. The standard InChI is InChI=1S/C22H46N2/c1-3-4-5-6-7-8-9-10-11-12-13-14-15-16-18-24-19-17-22(21-24)20-23-2/h22-23H,3-21H2,1-2H3. The van der Waals surface area contributed by atoms with Crippen molar-refractivity contribution < 1.29 is 0 Å². The summed E-state index contributed by atoms with van der Waals surface area (Å²) >= 11 is 0. The van der Waals surface area contributed by atoms with Crippen LogP contribution in [0.4, 0.5) is 0 Å². The second-order valence-corrected chi connectivity index (χ2v) is 8.11. The van der Waals surface area contributed by atoms with E-state index in [1.54, 1.807) is 0 Å². The summed E-state index contributed by atoms with van der Waals surface area (Å²) in [6.07, 6.45) is 21.8. The summed E-state index contributed by atoms with van der Waals surface area (Å²) in [6, 6.07) is 0. The Kier molecular flexibility index (Phi) is 15.0. The van der Waals surface area contributed by atoms with E-state index >= 15 is 0 Å². The molecule has 0 aliphatic carbocycles. The van der Waals surface area contributed by atoms with Gasteiger partial charge in [-0.2, -0.15) is 0 Å². The molecule has 0 bridgehead atoms. The van der Waals surface area contributed by atoms with Crippen molar-refractivity contribution in [1.29, 1.82) is 0 Å². The van der Waals surface area contributed by atoms with Crippen molar-refractivity contribution in [3.8, 4) is 0 Å². The fraction of sp³-hybridized carbons (Fsp3) is 1.00. The molecule has 1 aliphatic heterocycles. The summed E-state index contributed by atoms with van der Waals surface area (Å²) in [7, 11) is 2.08. The molecular formula is C22H46N2. The second kappa shape index (κ2) is 16.4. The van der Waals surface area contributed by atoms with Gasteiger partial charge in [-0.3, -0.25) is 0 Å². The van der Waals surface area contributed by atoms with Crippen LogP contribution >= 0.6 is 0 Å². The van der Waals surface area contributed by atoms with Gasteiger partial charge in [0.05, 0.1) is 0 Å². The first kappa shape index (κ1) is 22.0. The normalized spacial score (nSPS) is 18.5. The van der Waals surface area contributed by atoms with E-state index in [1.165, 1.54) is 122 Å². The smallest absolute Gasteiger partial charge is 0.00223 e. The molecule has 2 nitrogen and oxygen atoms in total. The average Bonchev–Trinajstić information content (AvgIpc) is 3.03. The zero-order valence-corrected chi connectivity index (χ0v) is 17.0. The van der Waals surface area contributed by atoms with Crippen molar-refractivity contribution >= 4 is 0 Å². The van der Waals surface area contributed by atoms with Gasteiger partial charge in [-0.15, -0.1) is 0 Å². The van der Waals surface area contributed by atoms with Gasteiger partial charge in [-0.25, -0.2) is 0 Å². The van der Waals surface area contributed by atoms with E-state index in [4.69, 9.17) is 0 Å². The number of rotatable bonds is 17. The number of unbranched alkanes of at least 4 members (excludes halogenated alkanes) is 13. The maximum atomic E-state index is 3.32. The zero-order chi connectivity index (χ0) is 17.3. The van der Waals surface area contributed by atoms with Crippen molar-refractivity contribution in [2.75, 3.05) is 33.2 Å². The van der Waals surface area contributed by atoms with Crippen LogP contribution in [0.25, 0.3) is 0 Å². The first-order valence-electron chi connectivity index (χ1n) is 11.2. The van der Waals surface area contributed by atoms with Crippen LogP contribution in [-0.4, -0.2) is 38.1 Å². The SMILES string of the molecule is CCCCCCCCCCCCCCCCN1CCC(CNC)C1. The maximum Gasteiger partial charge on any atom is 0.00223 e. The van der Waals surface area contributed by atoms with Gasteiger partial charge < -0.3 is 10.2 Å². The van der Waals surface area contributed by atoms with E-state index in [9.17, 15) is 0 Å². The van der Waals surface area contributed by atoms with Gasteiger partial charge in [0.25, 0.3) is 0 Å². The first-order valence-corrected chi connectivity index (χ1v) is 11.2. The molecule has 0 amide bonds. The molecule has 24 heavy (non-hydrogen) atoms. The van der Waals surface area contributed by atoms with Crippen LogP contribution in [0.15, 0.2) is 0 Å². The van der Waals surface area contributed by atoms with Crippen molar-refractivity contribution in [3.63, 3.8) is 0 Å². The number of hydrogen-bond acceptors (Lipinski definition) is 2. The monoisotopic (exact) mass is 338 g/mol. The number of likely N-dealkylation sites (tertiary alicyclic amines) is 1. The van der Waals surface area contributed by atoms with Gasteiger partial charge in [0.2, 0.25) is 0 Å². The van der Waals surface area contributed by atoms with Gasteiger partial charge in [-0.05, 0) is 45.4 Å². The predicted molar refractivity (Wildman–Crippen MR) is 109 cm³/mol. The van der Waals surface area contributed by atoms with E-state index < -0.39 is 0 Å². The lowest BCUT2D eigenvalue weighted by atomic mass is 10.0. The molecule has 1 saturated heterocycles. The van der Waals surface area contributed by atoms with Crippen molar-refractivity contribution in [3.05, 3.63) is 0 Å². The molecular weight excluding hydrogens is 292 g/mol. The highest BCUT2D eigenvalue weighted by Crippen LogP contribution is 2.17. The molecule has 0 saturated carbocycles. The van der Waals surface area contributed by atoms with Gasteiger partial charge in [0, 0.05) is 6.54 Å². The Balaban J connectivity index is 1.72. The molecule has 2 heteroatoms. The molecule has 0 radical (unpaired) electrons. The Bertz CT molecular complexity index is 254. The predicted octanol–water partition coefficient (Wildman–Crippen LogP) is 6.01. The fourth-order valence-corrected chi connectivity index (χ4v) is 4.10. The molecule has 1 rings (SSSR count). The van der Waals surface area contributed by atoms with Gasteiger partial charge >= 0.3 is 0 Å². The Morgan fingerprint density at radius 2 is 1.25 bits per heavy atom. The van der Waals surface area contributed by atoms with Gasteiger partial charge in [0.15, 0.2) is 0 Å². The third-order valence-electron chi connectivity index (χ3n) is 5.69. The molecule has 1 fully saturated rings. The van der Waals surface area contributed by atoms with E-state index in [0.29, 0.717) is 0 Å². The summed E-state index contributed by atoms with van der Waals surface area (Å²) in [6.45, 7) is 7.52. The number of nitrogens with zero attached hydrogens (tertiary/aromatic N) is 1. The van der Waals surface area contributed by atoms with Crippen LogP contribution in [0.3, 0.4) is 0 Å². The molecule has 1 aliphatic rings. The third-order valence-corrected chi connectivity index (χ3v) is 5.69. The Morgan fingerprint density at radius 1 is 0.750 bits per heavy atom. The lowest BCUT2D eigenvalue weighted by Gasteiger charge is -2.15. The zero-order valence-electron chi connectivity index (χ0n) is 17.0. The summed E-state index contributed by atoms with van der Waals surface area (Å²) in [4.78, 5) is 2.68. The van der Waals surface area contributed by atoms with E-state index in [2.05, 4.69) is 24.2 Å². The molecule has 0 aromatic rings. The highest BCUT2D eigenvalue weighted by molar-refractivity contribution is 4.76. The lowest BCUT2D eigenvalue weighted by molar-refractivity contribution is 0.313. The van der Waals surface area contributed by atoms with Crippen molar-refractivity contribution in [2.45, 2.75) is 103 Å². The number of hydrogen-bond donors (Lipinski definition) is 1. The van der Waals surface area contributed by atoms with Crippen LogP contribution in [0.2, 0.25) is 0 Å². The van der Waals surface area contributed by atoms with E-state index in [1.807, 2.05) is 0 Å². The van der Waals surface area contributed by atoms with Crippen LogP contribution in [0.1, 0.15) is 103 Å². The molecule has 0 aromatic heterocycles. The minimum atomic E-state index is 0.904. The van der Waals surface area contributed by atoms with Gasteiger partial charge in [0.1, 0.15) is 0 Å². The number of nitrogens with one attached hydrogen (secondary N) is 1. The maximum absolute atomic E-state index is 3.32.